The molecule has 8 heteroatoms. The molecule has 0 saturated heterocycles. The van der Waals surface area contributed by atoms with Crippen LogP contribution in [-0.2, 0) is 21.5 Å². The summed E-state index contributed by atoms with van der Waals surface area (Å²) in [7, 11) is 0. The molecule has 4 aromatic rings. The van der Waals surface area contributed by atoms with Crippen molar-refractivity contribution in [3.63, 3.8) is 0 Å². The van der Waals surface area contributed by atoms with Crippen LogP contribution in [0, 0.1) is 13.8 Å². The second kappa shape index (κ2) is 11.3. The molecule has 206 valence electrons. The maximum Gasteiger partial charge on any atom is 0.240 e. The smallest absolute Gasteiger partial charge is 0.240 e. The molecule has 0 bridgehead atoms. The Morgan fingerprint density at radius 1 is 1.02 bits per heavy atom. The second-order valence-electron chi connectivity index (χ2n) is 11.3. The van der Waals surface area contributed by atoms with Crippen molar-refractivity contribution >= 4 is 29.4 Å². The van der Waals surface area contributed by atoms with Gasteiger partial charge < -0.3 is 5.32 Å². The van der Waals surface area contributed by atoms with Gasteiger partial charge in [-0.05, 0) is 43.7 Å². The van der Waals surface area contributed by atoms with E-state index < -0.39 is 0 Å². The Labute approximate surface area is 240 Å². The highest BCUT2D eigenvalue weighted by Gasteiger charge is 2.39. The molecule has 0 aliphatic carbocycles. The summed E-state index contributed by atoms with van der Waals surface area (Å²) < 4.78 is 1.86. The normalized spacial score (nSPS) is 15.5. The number of pyridine rings is 1. The molecule has 0 saturated carbocycles. The molecule has 0 fully saturated rings. The number of hydrogen-bond acceptors (Lipinski definition) is 5. The average Bonchev–Trinajstić information content (AvgIpc) is 3.26. The quantitative estimate of drug-likeness (QED) is 0.333. The zero-order valence-corrected chi connectivity index (χ0v) is 24.5. The number of amides is 2. The van der Waals surface area contributed by atoms with Crippen molar-refractivity contribution in [1.82, 2.24) is 20.1 Å². The van der Waals surface area contributed by atoms with Gasteiger partial charge in [-0.2, -0.15) is 5.10 Å². The monoisotopic (exact) mass is 553 g/mol. The third kappa shape index (κ3) is 5.82. The molecule has 40 heavy (non-hydrogen) atoms. The van der Waals surface area contributed by atoms with Crippen molar-refractivity contribution in [2.45, 2.75) is 51.8 Å². The highest BCUT2D eigenvalue weighted by atomic mass is 32.2. The number of benzene rings is 2. The highest BCUT2D eigenvalue weighted by molar-refractivity contribution is 8.00. The lowest BCUT2D eigenvalue weighted by Gasteiger charge is -2.24. The van der Waals surface area contributed by atoms with Crippen molar-refractivity contribution in [1.29, 1.82) is 0 Å². The van der Waals surface area contributed by atoms with Crippen LogP contribution in [0.25, 0.3) is 5.69 Å². The average molecular weight is 554 g/mol. The van der Waals surface area contributed by atoms with Crippen LogP contribution in [0.4, 0.5) is 5.82 Å². The Morgan fingerprint density at radius 3 is 2.48 bits per heavy atom. The van der Waals surface area contributed by atoms with Gasteiger partial charge in [0.1, 0.15) is 12.4 Å². The standard InChI is InChI=1S/C32H35N5O2S/c1-21-12-14-25(15-13-21)37-31-28(30(35-37)32(3,4)5)29(23-10-8-9-22(2)17-23)40-20-27(39)36(31)19-26(38)34-18-24-11-6-7-16-33-24/h6-17,29H,18-20H2,1-5H3,(H,34,38). The minimum absolute atomic E-state index is 0.110. The van der Waals surface area contributed by atoms with Crippen molar-refractivity contribution in [3.8, 4) is 5.69 Å². The van der Waals surface area contributed by atoms with E-state index in [4.69, 9.17) is 5.10 Å². The van der Waals surface area contributed by atoms with Gasteiger partial charge in [-0.1, -0.05) is 74.4 Å². The van der Waals surface area contributed by atoms with Crippen LogP contribution in [0.3, 0.4) is 0 Å². The number of carbonyl (C=O) groups excluding carboxylic acids is 2. The zero-order valence-electron chi connectivity index (χ0n) is 23.6. The summed E-state index contributed by atoms with van der Waals surface area (Å²) in [6.45, 7) is 10.7. The van der Waals surface area contributed by atoms with Crippen LogP contribution in [0.5, 0.6) is 0 Å². The first-order valence-corrected chi connectivity index (χ1v) is 14.5. The summed E-state index contributed by atoms with van der Waals surface area (Å²) in [5.74, 6) is 0.530. The van der Waals surface area contributed by atoms with E-state index in [1.54, 1.807) is 22.9 Å². The van der Waals surface area contributed by atoms with E-state index in [2.05, 4.69) is 62.3 Å². The summed E-state index contributed by atoms with van der Waals surface area (Å²) in [5, 5.41) is 7.98. The topological polar surface area (TPSA) is 80.1 Å². The van der Waals surface area contributed by atoms with Crippen LogP contribution >= 0.6 is 11.8 Å². The molecule has 2 aromatic carbocycles. The SMILES string of the molecule is Cc1ccc(-n2nc(C(C)(C)C)c3c2N(CC(=O)NCc2ccccn2)C(=O)CSC3c2cccc(C)c2)cc1. The van der Waals surface area contributed by atoms with Crippen LogP contribution < -0.4 is 10.2 Å². The van der Waals surface area contributed by atoms with E-state index in [1.165, 1.54) is 0 Å². The van der Waals surface area contributed by atoms with Crippen molar-refractivity contribution in [2.75, 3.05) is 17.2 Å². The summed E-state index contributed by atoms with van der Waals surface area (Å²) in [6.07, 6.45) is 1.70. The molecule has 1 aliphatic heterocycles. The van der Waals surface area contributed by atoms with Gasteiger partial charge in [0.2, 0.25) is 11.8 Å². The van der Waals surface area contributed by atoms with Crippen LogP contribution in [-0.4, -0.2) is 38.9 Å². The third-order valence-electron chi connectivity index (χ3n) is 6.92. The molecule has 0 spiro atoms. The van der Waals surface area contributed by atoms with Gasteiger partial charge in [0.25, 0.3) is 0 Å². The summed E-state index contributed by atoms with van der Waals surface area (Å²) in [6, 6.07) is 22.1. The lowest BCUT2D eigenvalue weighted by molar-refractivity contribution is -0.123. The fourth-order valence-corrected chi connectivity index (χ4v) is 6.11. The second-order valence-corrected chi connectivity index (χ2v) is 12.4. The molecule has 2 amide bonds. The van der Waals surface area contributed by atoms with Crippen molar-refractivity contribution < 1.29 is 9.59 Å². The lowest BCUT2D eigenvalue weighted by atomic mass is 9.87. The first-order chi connectivity index (χ1) is 19.1. The molecule has 1 aliphatic rings. The Morgan fingerprint density at radius 2 is 1.80 bits per heavy atom. The number of hydrogen-bond donors (Lipinski definition) is 1. The molecule has 1 N–H and O–H groups in total. The Hall–Kier alpha value is -3.91. The van der Waals surface area contributed by atoms with Crippen LogP contribution in [0.2, 0.25) is 0 Å². The van der Waals surface area contributed by atoms with E-state index in [1.807, 2.05) is 54.1 Å². The van der Waals surface area contributed by atoms with Gasteiger partial charge >= 0.3 is 0 Å². The number of rotatable bonds is 6. The molecule has 1 atom stereocenters. The van der Waals surface area contributed by atoms with E-state index in [0.717, 1.165) is 39.3 Å². The summed E-state index contributed by atoms with van der Waals surface area (Å²) in [4.78, 5) is 33.0. The Bertz CT molecular complexity index is 1520. The fourth-order valence-electron chi connectivity index (χ4n) is 4.93. The third-order valence-corrected chi connectivity index (χ3v) is 8.17. The van der Waals surface area contributed by atoms with E-state index in [9.17, 15) is 9.59 Å². The fraction of sp³-hybridized carbons (Fsp3) is 0.312. The molecule has 1 unspecified atom stereocenters. The minimum Gasteiger partial charge on any atom is -0.349 e. The van der Waals surface area contributed by atoms with Gasteiger partial charge in [0, 0.05) is 17.2 Å². The number of thioether (sulfide) groups is 1. The maximum atomic E-state index is 13.8. The number of nitrogens with one attached hydrogen (secondary N) is 1. The Balaban J connectivity index is 1.65. The van der Waals surface area contributed by atoms with E-state index >= 15 is 0 Å². The largest absolute Gasteiger partial charge is 0.349 e. The number of aromatic nitrogens is 3. The van der Waals surface area contributed by atoms with Crippen LogP contribution in [0.1, 0.15) is 59.7 Å². The van der Waals surface area contributed by atoms with E-state index in [-0.39, 0.29) is 34.8 Å². The highest BCUT2D eigenvalue weighted by Crippen LogP contribution is 2.48. The lowest BCUT2D eigenvalue weighted by Crippen LogP contribution is -2.42. The van der Waals surface area contributed by atoms with Crippen molar-refractivity contribution in [3.05, 3.63) is 107 Å². The van der Waals surface area contributed by atoms with E-state index in [0.29, 0.717) is 12.4 Å². The number of anilines is 1. The predicted octanol–water partition coefficient (Wildman–Crippen LogP) is 5.67. The number of carbonyl (C=O) groups is 2. The van der Waals surface area contributed by atoms with Gasteiger partial charge in [-0.15, -0.1) is 11.8 Å². The zero-order chi connectivity index (χ0) is 28.4. The maximum absolute atomic E-state index is 13.8. The molecule has 3 heterocycles. The minimum atomic E-state index is -0.303. The molecular formula is C32H35N5O2S. The number of aryl methyl sites for hydroxylation is 2. The molecule has 5 rings (SSSR count). The number of nitrogens with zero attached hydrogens (tertiary/aromatic N) is 4. The first kappa shape index (κ1) is 27.6. The van der Waals surface area contributed by atoms with Gasteiger partial charge in [-0.3, -0.25) is 19.5 Å². The summed E-state index contributed by atoms with van der Waals surface area (Å²) in [5.41, 5.74) is 6.60. The van der Waals surface area contributed by atoms with Crippen molar-refractivity contribution in [2.24, 2.45) is 0 Å². The Kier molecular flexibility index (Phi) is 7.81. The molecular weight excluding hydrogens is 518 g/mol. The molecule has 0 radical (unpaired) electrons. The first-order valence-electron chi connectivity index (χ1n) is 13.5. The molecule has 7 nitrogen and oxygen atoms in total. The number of fused-ring (bicyclic) bond motifs is 1. The van der Waals surface area contributed by atoms with Crippen LogP contribution in [0.15, 0.2) is 72.9 Å². The predicted molar refractivity (Wildman–Crippen MR) is 161 cm³/mol. The van der Waals surface area contributed by atoms with Gasteiger partial charge in [0.15, 0.2) is 0 Å². The summed E-state index contributed by atoms with van der Waals surface area (Å²) >= 11 is 1.59. The van der Waals surface area contributed by atoms with Gasteiger partial charge in [0.05, 0.1) is 34.6 Å². The molecule has 2 aromatic heterocycles. The van der Waals surface area contributed by atoms with Gasteiger partial charge in [-0.25, -0.2) is 4.68 Å².